The van der Waals surface area contributed by atoms with E-state index < -0.39 is 5.97 Å². The number of carboxylic acid groups (broad SMARTS) is 1. The molecule has 9 heteroatoms. The number of fused-ring (bicyclic) bond motifs is 1. The Morgan fingerprint density at radius 2 is 1.81 bits per heavy atom. The third-order valence-electron chi connectivity index (χ3n) is 3.22. The van der Waals surface area contributed by atoms with Gasteiger partial charge in [0.15, 0.2) is 0 Å². The van der Waals surface area contributed by atoms with Crippen molar-refractivity contribution in [3.63, 3.8) is 0 Å². The molecule has 0 spiro atoms. The van der Waals surface area contributed by atoms with E-state index in [1.54, 1.807) is 6.07 Å². The van der Waals surface area contributed by atoms with E-state index >= 15 is 0 Å². The Morgan fingerprint density at radius 3 is 2.46 bits per heavy atom. The number of anilines is 3. The highest BCUT2D eigenvalue weighted by molar-refractivity contribution is 6.42. The molecular weight excluding hydrogens is 377 g/mol. The second-order valence-electron chi connectivity index (χ2n) is 5.32. The van der Waals surface area contributed by atoms with Crippen LogP contribution in [-0.2, 0) is 11.3 Å². The van der Waals surface area contributed by atoms with Crippen molar-refractivity contribution in [1.29, 1.82) is 0 Å². The van der Waals surface area contributed by atoms with Gasteiger partial charge in [-0.3, -0.25) is 4.79 Å². The van der Waals surface area contributed by atoms with Crippen LogP contribution in [0.1, 0.15) is 12.5 Å². The maximum Gasteiger partial charge on any atom is 0.300 e. The van der Waals surface area contributed by atoms with Crippen molar-refractivity contribution < 1.29 is 9.90 Å². The highest BCUT2D eigenvalue weighted by atomic mass is 35.5. The number of nitrogens with zero attached hydrogens (tertiary/aromatic N) is 2. The molecule has 136 valence electrons. The number of hydrogen-bond donors (Lipinski definition) is 4. The number of nitrogens with one attached hydrogen (secondary N) is 1. The Labute approximate surface area is 160 Å². The number of nitrogen functional groups attached to an aromatic ring is 2. The van der Waals surface area contributed by atoms with Crippen LogP contribution in [0.2, 0.25) is 10.0 Å². The molecule has 26 heavy (non-hydrogen) atoms. The van der Waals surface area contributed by atoms with E-state index in [-0.39, 0.29) is 5.95 Å². The molecule has 6 N–H and O–H groups in total. The Balaban J connectivity index is 0.000000552. The summed E-state index contributed by atoms with van der Waals surface area (Å²) in [5.41, 5.74) is 14.1. The van der Waals surface area contributed by atoms with Gasteiger partial charge in [-0.2, -0.15) is 4.98 Å². The highest BCUT2D eigenvalue weighted by Gasteiger charge is 2.05. The van der Waals surface area contributed by atoms with Crippen molar-refractivity contribution in [2.45, 2.75) is 13.5 Å². The summed E-state index contributed by atoms with van der Waals surface area (Å²) in [6.45, 7) is 1.69. The van der Waals surface area contributed by atoms with Gasteiger partial charge in [0.05, 0.1) is 15.6 Å². The van der Waals surface area contributed by atoms with Gasteiger partial charge in [0.25, 0.3) is 5.97 Å². The maximum absolute atomic E-state index is 9.00. The molecule has 3 aromatic rings. The molecule has 0 aliphatic heterocycles. The zero-order valence-electron chi connectivity index (χ0n) is 13.8. The van der Waals surface area contributed by atoms with Gasteiger partial charge in [0.1, 0.15) is 5.82 Å². The van der Waals surface area contributed by atoms with Crippen LogP contribution in [0.4, 0.5) is 17.5 Å². The fourth-order valence-corrected chi connectivity index (χ4v) is 2.46. The molecule has 0 aliphatic carbocycles. The predicted octanol–water partition coefficient (Wildman–Crippen LogP) is 3.80. The Bertz CT molecular complexity index is 946. The second kappa shape index (κ2) is 8.55. The normalized spacial score (nSPS) is 10.1. The fraction of sp³-hybridized carbons (Fsp3) is 0.118. The summed E-state index contributed by atoms with van der Waals surface area (Å²) in [7, 11) is 0. The number of aromatic nitrogens is 2. The van der Waals surface area contributed by atoms with Crippen LogP contribution in [0.3, 0.4) is 0 Å². The van der Waals surface area contributed by atoms with E-state index in [4.69, 9.17) is 44.6 Å². The van der Waals surface area contributed by atoms with Gasteiger partial charge in [-0.15, -0.1) is 0 Å². The highest BCUT2D eigenvalue weighted by Crippen LogP contribution is 2.25. The number of halogens is 2. The summed E-state index contributed by atoms with van der Waals surface area (Å²) in [6.07, 6.45) is 0. The number of carbonyl (C=O) groups is 1. The van der Waals surface area contributed by atoms with Gasteiger partial charge < -0.3 is 21.9 Å². The smallest absolute Gasteiger partial charge is 0.300 e. The molecule has 0 atom stereocenters. The minimum absolute atomic E-state index is 0.168. The van der Waals surface area contributed by atoms with Crippen LogP contribution in [0.15, 0.2) is 36.4 Å². The quantitative estimate of drug-likeness (QED) is 0.532. The molecule has 3 rings (SSSR count). The average Bonchev–Trinajstić information content (AvgIpc) is 2.55. The summed E-state index contributed by atoms with van der Waals surface area (Å²) in [5, 5.41) is 12.5. The summed E-state index contributed by atoms with van der Waals surface area (Å²) >= 11 is 11.9. The molecule has 0 unspecified atom stereocenters. The van der Waals surface area contributed by atoms with Crippen molar-refractivity contribution in [3.8, 4) is 0 Å². The number of hydrogen-bond acceptors (Lipinski definition) is 6. The van der Waals surface area contributed by atoms with Crippen LogP contribution >= 0.6 is 23.2 Å². The molecule has 0 radical (unpaired) electrons. The Kier molecular flexibility index (Phi) is 6.43. The summed E-state index contributed by atoms with van der Waals surface area (Å²) < 4.78 is 0. The second-order valence-corrected chi connectivity index (χ2v) is 6.13. The minimum Gasteiger partial charge on any atom is -0.481 e. The average molecular weight is 394 g/mol. The molecule has 0 amide bonds. The Hall–Kier alpha value is -2.77. The first-order chi connectivity index (χ1) is 12.3. The molecule has 7 nitrogen and oxygen atoms in total. The zero-order valence-corrected chi connectivity index (χ0v) is 15.3. The number of aliphatic carboxylic acids is 1. The number of nitrogens with two attached hydrogens (primary N) is 2. The van der Waals surface area contributed by atoms with Crippen LogP contribution < -0.4 is 16.8 Å². The minimum atomic E-state index is -0.833. The number of rotatable bonds is 3. The lowest BCUT2D eigenvalue weighted by Gasteiger charge is -2.09. The van der Waals surface area contributed by atoms with E-state index in [0.717, 1.165) is 23.6 Å². The van der Waals surface area contributed by atoms with Crippen LogP contribution in [0, 0.1) is 0 Å². The summed E-state index contributed by atoms with van der Waals surface area (Å²) in [5.74, 6) is -0.304. The lowest BCUT2D eigenvalue weighted by Crippen LogP contribution is -2.02. The number of benzene rings is 2. The molecule has 0 aliphatic rings. The lowest BCUT2D eigenvalue weighted by atomic mass is 10.2. The van der Waals surface area contributed by atoms with Gasteiger partial charge in [0.2, 0.25) is 5.95 Å². The zero-order chi connectivity index (χ0) is 19.3. The van der Waals surface area contributed by atoms with E-state index in [2.05, 4.69) is 15.3 Å². The largest absolute Gasteiger partial charge is 0.481 e. The van der Waals surface area contributed by atoms with Gasteiger partial charge >= 0.3 is 0 Å². The molecule has 0 bridgehead atoms. The first-order valence-electron chi connectivity index (χ1n) is 7.46. The van der Waals surface area contributed by atoms with Gasteiger partial charge in [-0.25, -0.2) is 4.98 Å². The van der Waals surface area contributed by atoms with Crippen LogP contribution in [-0.4, -0.2) is 21.0 Å². The Morgan fingerprint density at radius 1 is 1.12 bits per heavy atom. The van der Waals surface area contributed by atoms with Gasteiger partial charge in [0, 0.05) is 24.5 Å². The molecule has 0 saturated heterocycles. The molecule has 1 heterocycles. The molecule has 1 aromatic heterocycles. The summed E-state index contributed by atoms with van der Waals surface area (Å²) in [6, 6.07) is 11.2. The van der Waals surface area contributed by atoms with Crippen LogP contribution in [0.5, 0.6) is 0 Å². The third-order valence-corrected chi connectivity index (χ3v) is 3.96. The van der Waals surface area contributed by atoms with Crippen molar-refractivity contribution in [1.82, 2.24) is 9.97 Å². The SMILES string of the molecule is CC(=O)O.Nc1nc(N)c2cc(NCc3ccc(Cl)c(Cl)c3)ccc2n1. The third kappa shape index (κ3) is 5.37. The van der Waals surface area contributed by atoms with E-state index in [9.17, 15) is 0 Å². The fourth-order valence-electron chi connectivity index (χ4n) is 2.13. The van der Waals surface area contributed by atoms with E-state index in [1.165, 1.54) is 0 Å². The van der Waals surface area contributed by atoms with E-state index in [1.807, 2.05) is 30.3 Å². The maximum atomic E-state index is 9.00. The first-order valence-corrected chi connectivity index (χ1v) is 8.22. The van der Waals surface area contributed by atoms with Crippen molar-refractivity contribution in [2.24, 2.45) is 0 Å². The van der Waals surface area contributed by atoms with Crippen molar-refractivity contribution in [3.05, 3.63) is 52.0 Å². The molecule has 0 fully saturated rings. The first kappa shape index (κ1) is 19.6. The molecule has 0 saturated carbocycles. The van der Waals surface area contributed by atoms with Crippen LogP contribution in [0.25, 0.3) is 10.9 Å². The topological polar surface area (TPSA) is 127 Å². The summed E-state index contributed by atoms with van der Waals surface area (Å²) in [4.78, 5) is 17.1. The number of carboxylic acids is 1. The molecular formula is C17H17Cl2N5O2. The standard InChI is InChI=1S/C15H13Cl2N5.C2H4O2/c16-11-3-1-8(5-12(11)17)7-20-9-2-4-13-10(6-9)14(18)22-15(19)21-13;1-2(3)4/h1-6,20H,7H2,(H4,18,19,21,22);1H3,(H,3,4). The van der Waals surface area contributed by atoms with E-state index in [0.29, 0.717) is 27.9 Å². The van der Waals surface area contributed by atoms with Gasteiger partial charge in [-0.1, -0.05) is 29.3 Å². The lowest BCUT2D eigenvalue weighted by molar-refractivity contribution is -0.134. The van der Waals surface area contributed by atoms with Gasteiger partial charge in [-0.05, 0) is 35.9 Å². The predicted molar refractivity (Wildman–Crippen MR) is 105 cm³/mol. The monoisotopic (exact) mass is 393 g/mol. The van der Waals surface area contributed by atoms with Crippen molar-refractivity contribution in [2.75, 3.05) is 16.8 Å². The van der Waals surface area contributed by atoms with Crippen molar-refractivity contribution >= 4 is 57.5 Å². The molecule has 2 aromatic carbocycles.